The number of amides is 1. The van der Waals surface area contributed by atoms with Crippen LogP contribution in [0.3, 0.4) is 0 Å². The zero-order valence-electron chi connectivity index (χ0n) is 9.63. The minimum Gasteiger partial charge on any atom is -0.346 e. The van der Waals surface area contributed by atoms with Gasteiger partial charge in [-0.3, -0.25) is 9.59 Å². The van der Waals surface area contributed by atoms with E-state index >= 15 is 0 Å². The number of Topliss-reactive ketones (excluding diaryl/α,β-unsaturated/α-hetero) is 1. The fraction of sp³-hybridized carbons (Fsp3) is 0.385. The normalized spacial score (nSPS) is 19.4. The first kappa shape index (κ1) is 12.3. The summed E-state index contributed by atoms with van der Waals surface area (Å²) in [5, 5.41) is 2.73. The molecule has 90 valence electrons. The molecule has 0 radical (unpaired) electrons. The van der Waals surface area contributed by atoms with Gasteiger partial charge in [-0.2, -0.15) is 0 Å². The molecule has 2 rings (SSSR count). The Hall–Kier alpha value is -1.16. The Bertz CT molecular complexity index is 470. The Morgan fingerprint density at radius 2 is 2.24 bits per heavy atom. The highest BCUT2D eigenvalue weighted by atomic mass is 79.9. The van der Waals surface area contributed by atoms with Crippen molar-refractivity contribution >= 4 is 27.6 Å². The van der Waals surface area contributed by atoms with E-state index in [0.717, 1.165) is 28.4 Å². The molecule has 1 aromatic carbocycles. The third-order valence-corrected chi connectivity index (χ3v) is 3.46. The van der Waals surface area contributed by atoms with Crippen molar-refractivity contribution in [3.63, 3.8) is 0 Å². The molecule has 17 heavy (non-hydrogen) atoms. The summed E-state index contributed by atoms with van der Waals surface area (Å²) in [6, 6.07) is 5.40. The number of fused-ring (bicyclic) bond motifs is 1. The molecule has 0 heterocycles. The second kappa shape index (κ2) is 5.00. The van der Waals surface area contributed by atoms with Crippen LogP contribution in [0.25, 0.3) is 0 Å². The van der Waals surface area contributed by atoms with Crippen LogP contribution in [0, 0.1) is 0 Å². The Balaban J connectivity index is 2.34. The molecular formula is C13H14BrNO2. The second-order valence-electron chi connectivity index (χ2n) is 4.31. The highest BCUT2D eigenvalue weighted by molar-refractivity contribution is 9.10. The first-order valence-corrected chi connectivity index (χ1v) is 6.47. The van der Waals surface area contributed by atoms with Crippen LogP contribution in [-0.4, -0.2) is 17.7 Å². The molecule has 1 N–H and O–H groups in total. The predicted molar refractivity (Wildman–Crippen MR) is 69.0 cm³/mol. The summed E-state index contributed by atoms with van der Waals surface area (Å²) in [4.78, 5) is 23.4. The number of hydrogen-bond donors (Lipinski definition) is 1. The summed E-state index contributed by atoms with van der Waals surface area (Å²) < 4.78 is 0.896. The maximum atomic E-state index is 12.3. The molecular weight excluding hydrogens is 282 g/mol. The molecule has 1 aliphatic rings. The van der Waals surface area contributed by atoms with E-state index in [4.69, 9.17) is 0 Å². The van der Waals surface area contributed by atoms with Crippen LogP contribution >= 0.6 is 15.9 Å². The van der Waals surface area contributed by atoms with E-state index in [1.54, 1.807) is 0 Å². The van der Waals surface area contributed by atoms with Gasteiger partial charge in [-0.05, 0) is 37.0 Å². The zero-order valence-corrected chi connectivity index (χ0v) is 11.2. The van der Waals surface area contributed by atoms with Crippen molar-refractivity contribution in [2.24, 2.45) is 0 Å². The molecule has 1 amide bonds. The molecule has 1 unspecified atom stereocenters. The summed E-state index contributed by atoms with van der Waals surface area (Å²) in [6.45, 7) is 1.44. The van der Waals surface area contributed by atoms with E-state index < -0.39 is 0 Å². The van der Waals surface area contributed by atoms with Crippen LogP contribution in [0.1, 0.15) is 35.7 Å². The maximum absolute atomic E-state index is 12.3. The molecule has 0 saturated carbocycles. The van der Waals surface area contributed by atoms with Gasteiger partial charge in [0.1, 0.15) is 0 Å². The number of rotatable bonds is 1. The molecule has 1 atom stereocenters. The molecule has 4 heteroatoms. The molecule has 0 bridgehead atoms. The first-order valence-electron chi connectivity index (χ1n) is 5.67. The number of benzene rings is 1. The smallest absolute Gasteiger partial charge is 0.217 e. The monoisotopic (exact) mass is 295 g/mol. The topological polar surface area (TPSA) is 46.2 Å². The fourth-order valence-electron chi connectivity index (χ4n) is 2.19. The van der Waals surface area contributed by atoms with E-state index in [1.807, 2.05) is 18.2 Å². The third kappa shape index (κ3) is 2.75. The van der Waals surface area contributed by atoms with Crippen molar-refractivity contribution in [1.82, 2.24) is 5.32 Å². The average molecular weight is 296 g/mol. The van der Waals surface area contributed by atoms with Crippen LogP contribution in [0.5, 0.6) is 0 Å². The molecule has 0 spiro atoms. The summed E-state index contributed by atoms with van der Waals surface area (Å²) in [6.07, 6.45) is 2.53. The van der Waals surface area contributed by atoms with Crippen molar-refractivity contribution in [2.45, 2.75) is 32.2 Å². The van der Waals surface area contributed by atoms with Crippen LogP contribution < -0.4 is 5.32 Å². The van der Waals surface area contributed by atoms with Crippen LogP contribution in [0.4, 0.5) is 0 Å². The van der Waals surface area contributed by atoms with E-state index in [1.165, 1.54) is 6.92 Å². The lowest BCUT2D eigenvalue weighted by molar-refractivity contribution is -0.119. The lowest BCUT2D eigenvalue weighted by atomic mass is 10.0. The largest absolute Gasteiger partial charge is 0.346 e. The summed E-state index contributed by atoms with van der Waals surface area (Å²) in [5.41, 5.74) is 1.81. The predicted octanol–water partition coefficient (Wildman–Crippen LogP) is 2.47. The Morgan fingerprint density at radius 1 is 1.47 bits per heavy atom. The molecule has 1 aromatic rings. The number of carbonyl (C=O) groups excluding carboxylic acids is 2. The molecule has 1 aliphatic carbocycles. The SMILES string of the molecule is CC(=O)NC1CCCc2ccc(Br)cc2C1=O. The van der Waals surface area contributed by atoms with Gasteiger partial charge >= 0.3 is 0 Å². The standard InChI is InChI=1S/C13H14BrNO2/c1-8(16)15-12-4-2-3-9-5-6-10(14)7-11(9)13(12)17/h5-7,12H,2-4H2,1H3,(H,15,16). The molecule has 0 aliphatic heterocycles. The number of aryl methyl sites for hydroxylation is 1. The number of ketones is 1. The highest BCUT2D eigenvalue weighted by Gasteiger charge is 2.25. The summed E-state index contributed by atoms with van der Waals surface area (Å²) >= 11 is 3.37. The van der Waals surface area contributed by atoms with Crippen LogP contribution in [0.2, 0.25) is 0 Å². The van der Waals surface area contributed by atoms with Crippen molar-refractivity contribution in [3.05, 3.63) is 33.8 Å². The Morgan fingerprint density at radius 3 is 2.94 bits per heavy atom. The Kier molecular flexibility index (Phi) is 3.62. The van der Waals surface area contributed by atoms with Gasteiger partial charge in [-0.25, -0.2) is 0 Å². The first-order chi connectivity index (χ1) is 8.08. The minimum atomic E-state index is -0.372. The quantitative estimate of drug-likeness (QED) is 0.809. The van der Waals surface area contributed by atoms with Gasteiger partial charge in [0.2, 0.25) is 5.91 Å². The number of halogens is 1. The zero-order chi connectivity index (χ0) is 12.4. The van der Waals surface area contributed by atoms with Gasteiger partial charge in [0.15, 0.2) is 5.78 Å². The minimum absolute atomic E-state index is 0.0222. The van der Waals surface area contributed by atoms with Crippen molar-refractivity contribution in [2.75, 3.05) is 0 Å². The molecule has 0 aromatic heterocycles. The lowest BCUT2D eigenvalue weighted by Crippen LogP contribution is -2.39. The van der Waals surface area contributed by atoms with Crippen molar-refractivity contribution in [3.8, 4) is 0 Å². The van der Waals surface area contributed by atoms with Crippen molar-refractivity contribution < 1.29 is 9.59 Å². The summed E-state index contributed by atoms with van der Waals surface area (Å²) in [7, 11) is 0. The number of nitrogens with one attached hydrogen (secondary N) is 1. The van der Waals surface area contributed by atoms with Gasteiger partial charge in [0.25, 0.3) is 0 Å². The second-order valence-corrected chi connectivity index (χ2v) is 5.23. The number of hydrogen-bond acceptors (Lipinski definition) is 2. The van der Waals surface area contributed by atoms with Gasteiger partial charge in [-0.15, -0.1) is 0 Å². The van der Waals surface area contributed by atoms with Gasteiger partial charge in [0, 0.05) is 17.0 Å². The van der Waals surface area contributed by atoms with E-state index in [9.17, 15) is 9.59 Å². The van der Waals surface area contributed by atoms with E-state index in [2.05, 4.69) is 21.2 Å². The van der Waals surface area contributed by atoms with Gasteiger partial charge < -0.3 is 5.32 Å². The van der Waals surface area contributed by atoms with E-state index in [0.29, 0.717) is 6.42 Å². The van der Waals surface area contributed by atoms with Crippen LogP contribution in [0.15, 0.2) is 22.7 Å². The third-order valence-electron chi connectivity index (χ3n) is 2.97. The molecule has 3 nitrogen and oxygen atoms in total. The lowest BCUT2D eigenvalue weighted by Gasteiger charge is -2.14. The average Bonchev–Trinajstić information content (AvgIpc) is 2.40. The number of carbonyl (C=O) groups is 2. The summed E-state index contributed by atoms with van der Waals surface area (Å²) in [5.74, 6) is -0.129. The molecule has 0 fully saturated rings. The van der Waals surface area contributed by atoms with Crippen LogP contribution in [-0.2, 0) is 11.2 Å². The fourth-order valence-corrected chi connectivity index (χ4v) is 2.56. The Labute approximate surface area is 109 Å². The molecule has 0 saturated heterocycles. The van der Waals surface area contributed by atoms with Gasteiger partial charge in [-0.1, -0.05) is 22.0 Å². The maximum Gasteiger partial charge on any atom is 0.217 e. The van der Waals surface area contributed by atoms with E-state index in [-0.39, 0.29) is 17.7 Å². The van der Waals surface area contributed by atoms with Gasteiger partial charge in [0.05, 0.1) is 6.04 Å². The van der Waals surface area contributed by atoms with Crippen molar-refractivity contribution in [1.29, 1.82) is 0 Å². The highest BCUT2D eigenvalue weighted by Crippen LogP contribution is 2.24.